The first-order chi connectivity index (χ1) is 7.31. The zero-order valence-electron chi connectivity index (χ0n) is 8.85. The molecule has 0 bridgehead atoms. The van der Waals surface area contributed by atoms with Crippen molar-refractivity contribution >= 4 is 12.2 Å². The summed E-state index contributed by atoms with van der Waals surface area (Å²) in [6, 6.07) is 0. The fraction of sp³-hybridized carbons (Fsp3) is 0.818. The third-order valence-corrected chi connectivity index (χ3v) is 3.29. The largest absolute Gasteiger partial charge is 0.303 e. The van der Waals surface area contributed by atoms with Gasteiger partial charge in [-0.05, 0) is 18.8 Å². The molecule has 0 N–H and O–H groups in total. The Morgan fingerprint density at radius 2 is 2.13 bits per heavy atom. The van der Waals surface area contributed by atoms with E-state index < -0.39 is 0 Å². The second-order valence-corrected chi connectivity index (χ2v) is 4.34. The predicted molar refractivity (Wildman–Crippen MR) is 53.8 cm³/mol. The van der Waals surface area contributed by atoms with E-state index in [0.29, 0.717) is 25.3 Å². The fourth-order valence-electron chi connectivity index (χ4n) is 2.46. The molecule has 0 aromatic heterocycles. The number of amides is 1. The number of aldehydes is 1. The zero-order chi connectivity index (χ0) is 10.7. The molecule has 0 spiro atoms. The van der Waals surface area contributed by atoms with Crippen molar-refractivity contribution in [1.82, 2.24) is 5.06 Å². The van der Waals surface area contributed by atoms with Gasteiger partial charge >= 0.3 is 0 Å². The second-order valence-electron chi connectivity index (χ2n) is 4.34. The highest BCUT2D eigenvalue weighted by molar-refractivity contribution is 5.77. The lowest BCUT2D eigenvalue weighted by Crippen LogP contribution is -2.26. The molecule has 2 fully saturated rings. The highest BCUT2D eigenvalue weighted by Gasteiger charge is 2.37. The van der Waals surface area contributed by atoms with Gasteiger partial charge < -0.3 is 4.79 Å². The first-order valence-corrected chi connectivity index (χ1v) is 5.72. The van der Waals surface area contributed by atoms with Crippen LogP contribution in [0.3, 0.4) is 0 Å². The summed E-state index contributed by atoms with van der Waals surface area (Å²) in [5.41, 5.74) is 0. The smallest absolute Gasteiger partial charge is 0.248 e. The molecule has 4 heteroatoms. The third-order valence-electron chi connectivity index (χ3n) is 3.29. The number of hydrogen-bond acceptors (Lipinski definition) is 3. The van der Waals surface area contributed by atoms with Gasteiger partial charge in [-0.2, -0.15) is 0 Å². The molecule has 15 heavy (non-hydrogen) atoms. The molecule has 1 aliphatic heterocycles. The molecule has 0 aromatic carbocycles. The van der Waals surface area contributed by atoms with Crippen LogP contribution in [-0.4, -0.2) is 29.9 Å². The van der Waals surface area contributed by atoms with Crippen molar-refractivity contribution in [2.45, 2.75) is 44.6 Å². The molecule has 1 saturated carbocycles. The Bertz CT molecular complexity index is 248. The maximum atomic E-state index is 11.5. The van der Waals surface area contributed by atoms with E-state index in [2.05, 4.69) is 0 Å². The molecule has 1 amide bonds. The van der Waals surface area contributed by atoms with Crippen LogP contribution in [-0.2, 0) is 14.4 Å². The SMILES string of the molecule is O=CCCN1OC(C2CCCC2)CC1=O. The lowest BCUT2D eigenvalue weighted by Gasteiger charge is -2.18. The first-order valence-electron chi connectivity index (χ1n) is 5.72. The minimum absolute atomic E-state index is 0.0359. The molecule has 2 rings (SSSR count). The van der Waals surface area contributed by atoms with Crippen LogP contribution in [0.5, 0.6) is 0 Å². The molecule has 1 aliphatic carbocycles. The number of nitrogens with zero attached hydrogens (tertiary/aromatic N) is 1. The molecule has 1 atom stereocenters. The zero-order valence-corrected chi connectivity index (χ0v) is 8.85. The second kappa shape index (κ2) is 4.75. The van der Waals surface area contributed by atoms with Crippen LogP contribution in [0, 0.1) is 5.92 Å². The summed E-state index contributed by atoms with van der Waals surface area (Å²) in [7, 11) is 0. The lowest BCUT2D eigenvalue weighted by molar-refractivity contribution is -0.178. The maximum Gasteiger partial charge on any atom is 0.248 e. The van der Waals surface area contributed by atoms with Gasteiger partial charge in [0.25, 0.3) is 0 Å². The van der Waals surface area contributed by atoms with Gasteiger partial charge in [-0.15, -0.1) is 0 Å². The van der Waals surface area contributed by atoms with Crippen LogP contribution in [0.25, 0.3) is 0 Å². The van der Waals surface area contributed by atoms with Crippen LogP contribution >= 0.6 is 0 Å². The van der Waals surface area contributed by atoms with E-state index in [9.17, 15) is 9.59 Å². The van der Waals surface area contributed by atoms with Gasteiger partial charge in [0.05, 0.1) is 19.1 Å². The lowest BCUT2D eigenvalue weighted by atomic mass is 9.99. The molecule has 0 aromatic rings. The molecule has 2 aliphatic rings. The molecule has 84 valence electrons. The van der Waals surface area contributed by atoms with Crippen LogP contribution in [0.15, 0.2) is 0 Å². The van der Waals surface area contributed by atoms with Crippen molar-refractivity contribution in [3.63, 3.8) is 0 Å². The van der Waals surface area contributed by atoms with Crippen molar-refractivity contribution < 1.29 is 14.4 Å². The van der Waals surface area contributed by atoms with E-state index in [0.717, 1.165) is 6.29 Å². The van der Waals surface area contributed by atoms with Gasteiger partial charge in [0.15, 0.2) is 0 Å². The van der Waals surface area contributed by atoms with Gasteiger partial charge in [-0.25, -0.2) is 5.06 Å². The van der Waals surface area contributed by atoms with E-state index in [1.165, 1.54) is 30.7 Å². The summed E-state index contributed by atoms with van der Waals surface area (Å²) in [6.07, 6.45) is 6.64. The highest BCUT2D eigenvalue weighted by atomic mass is 16.7. The van der Waals surface area contributed by atoms with Crippen LogP contribution < -0.4 is 0 Å². The van der Waals surface area contributed by atoms with Crippen molar-refractivity contribution in [2.75, 3.05) is 6.54 Å². The Morgan fingerprint density at radius 1 is 1.40 bits per heavy atom. The number of carbonyl (C=O) groups excluding carboxylic acids is 2. The Kier molecular flexibility index (Phi) is 3.36. The van der Waals surface area contributed by atoms with E-state index in [4.69, 9.17) is 4.84 Å². The predicted octanol–water partition coefficient (Wildman–Crippen LogP) is 1.30. The minimum Gasteiger partial charge on any atom is -0.303 e. The summed E-state index contributed by atoms with van der Waals surface area (Å²) in [5.74, 6) is 0.587. The molecule has 1 saturated heterocycles. The Labute approximate surface area is 89.5 Å². The third kappa shape index (κ3) is 2.37. The van der Waals surface area contributed by atoms with Gasteiger partial charge in [0.1, 0.15) is 6.29 Å². The highest BCUT2D eigenvalue weighted by Crippen LogP contribution is 2.34. The standard InChI is InChI=1S/C11H17NO3/c13-7-3-6-12-11(14)8-10(15-12)9-4-1-2-5-9/h7,9-10H,1-6,8H2. The number of carbonyl (C=O) groups is 2. The van der Waals surface area contributed by atoms with E-state index in [1.54, 1.807) is 0 Å². The topological polar surface area (TPSA) is 46.6 Å². The maximum absolute atomic E-state index is 11.5. The van der Waals surface area contributed by atoms with E-state index in [-0.39, 0.29) is 12.0 Å². The van der Waals surface area contributed by atoms with Gasteiger partial charge in [0, 0.05) is 6.42 Å². The summed E-state index contributed by atoms with van der Waals surface area (Å²) in [6.45, 7) is 0.408. The van der Waals surface area contributed by atoms with Crippen molar-refractivity contribution in [3.05, 3.63) is 0 Å². The van der Waals surface area contributed by atoms with Gasteiger partial charge in [-0.3, -0.25) is 9.63 Å². The molecule has 4 nitrogen and oxygen atoms in total. The molecule has 1 heterocycles. The van der Waals surface area contributed by atoms with Crippen molar-refractivity contribution in [1.29, 1.82) is 0 Å². The van der Waals surface area contributed by atoms with Crippen LogP contribution in [0.2, 0.25) is 0 Å². The molecular weight excluding hydrogens is 194 g/mol. The Hall–Kier alpha value is -0.900. The Balaban J connectivity index is 1.85. The minimum atomic E-state index is 0.0359. The quantitative estimate of drug-likeness (QED) is 0.658. The monoisotopic (exact) mass is 211 g/mol. The number of hydrogen-bond donors (Lipinski definition) is 0. The van der Waals surface area contributed by atoms with Gasteiger partial charge in [-0.1, -0.05) is 12.8 Å². The fourth-order valence-corrected chi connectivity index (χ4v) is 2.46. The Morgan fingerprint density at radius 3 is 2.80 bits per heavy atom. The first kappa shape index (κ1) is 10.6. The van der Waals surface area contributed by atoms with E-state index >= 15 is 0 Å². The average Bonchev–Trinajstić information content (AvgIpc) is 2.83. The van der Waals surface area contributed by atoms with Crippen molar-refractivity contribution in [3.8, 4) is 0 Å². The molecule has 1 unspecified atom stereocenters. The van der Waals surface area contributed by atoms with E-state index in [1.807, 2.05) is 0 Å². The summed E-state index contributed by atoms with van der Waals surface area (Å²) >= 11 is 0. The average molecular weight is 211 g/mol. The van der Waals surface area contributed by atoms with Crippen LogP contribution in [0.1, 0.15) is 38.5 Å². The molecule has 0 radical (unpaired) electrons. The number of rotatable bonds is 4. The van der Waals surface area contributed by atoms with Crippen molar-refractivity contribution in [2.24, 2.45) is 5.92 Å². The van der Waals surface area contributed by atoms with Crippen LogP contribution in [0.4, 0.5) is 0 Å². The molecular formula is C11H17NO3. The number of hydroxylamine groups is 2. The van der Waals surface area contributed by atoms with Gasteiger partial charge in [0.2, 0.25) is 5.91 Å². The summed E-state index contributed by atoms with van der Waals surface area (Å²) in [4.78, 5) is 27.3. The summed E-state index contributed by atoms with van der Waals surface area (Å²) in [5, 5.41) is 1.37. The normalized spacial score (nSPS) is 27.6. The summed E-state index contributed by atoms with van der Waals surface area (Å²) < 4.78 is 0.